The van der Waals surface area contributed by atoms with E-state index in [0.717, 1.165) is 24.5 Å². The topological polar surface area (TPSA) is 21.3 Å². The van der Waals surface area contributed by atoms with Gasteiger partial charge in [-0.15, -0.1) is 0 Å². The molecule has 2 rings (SSSR count). The molecular formula is C15H29NO. The van der Waals surface area contributed by atoms with Crippen molar-refractivity contribution in [1.29, 1.82) is 0 Å². The Bertz CT molecular complexity index is 237. The van der Waals surface area contributed by atoms with Crippen LogP contribution >= 0.6 is 0 Å². The van der Waals surface area contributed by atoms with Crippen molar-refractivity contribution >= 4 is 0 Å². The van der Waals surface area contributed by atoms with Gasteiger partial charge in [0.2, 0.25) is 0 Å². The summed E-state index contributed by atoms with van der Waals surface area (Å²) in [5.41, 5.74) is 0.600. The lowest BCUT2D eigenvalue weighted by molar-refractivity contribution is 0.165. The lowest BCUT2D eigenvalue weighted by Gasteiger charge is -2.33. The second kappa shape index (κ2) is 5.71. The van der Waals surface area contributed by atoms with Gasteiger partial charge < -0.3 is 10.1 Å². The first-order valence-electron chi connectivity index (χ1n) is 7.37. The van der Waals surface area contributed by atoms with Crippen LogP contribution in [0.15, 0.2) is 0 Å². The Morgan fingerprint density at radius 3 is 2.53 bits per heavy atom. The van der Waals surface area contributed by atoms with E-state index < -0.39 is 0 Å². The van der Waals surface area contributed by atoms with E-state index in [1.54, 1.807) is 0 Å². The Hall–Kier alpha value is -0.0800. The average molecular weight is 239 g/mol. The molecule has 0 aromatic heterocycles. The van der Waals surface area contributed by atoms with Crippen molar-refractivity contribution in [3.8, 4) is 0 Å². The molecule has 2 nitrogen and oxygen atoms in total. The van der Waals surface area contributed by atoms with Gasteiger partial charge in [0, 0.05) is 26.3 Å². The zero-order valence-electron chi connectivity index (χ0n) is 11.8. The van der Waals surface area contributed by atoms with Gasteiger partial charge in [0.05, 0.1) is 0 Å². The van der Waals surface area contributed by atoms with Gasteiger partial charge in [-0.2, -0.15) is 0 Å². The smallest absolute Gasteiger partial charge is 0.0468 e. The van der Waals surface area contributed by atoms with Crippen LogP contribution in [-0.2, 0) is 4.74 Å². The second-order valence-corrected chi connectivity index (χ2v) is 6.59. The van der Waals surface area contributed by atoms with Gasteiger partial charge in [-0.3, -0.25) is 0 Å². The lowest BCUT2D eigenvalue weighted by Crippen LogP contribution is -2.39. The molecule has 0 saturated heterocycles. The van der Waals surface area contributed by atoms with Crippen LogP contribution in [0.5, 0.6) is 0 Å². The Morgan fingerprint density at radius 1 is 1.18 bits per heavy atom. The number of nitrogens with one attached hydrogen (secondary N) is 1. The first kappa shape index (κ1) is 13.4. The van der Waals surface area contributed by atoms with Crippen molar-refractivity contribution < 1.29 is 4.74 Å². The maximum Gasteiger partial charge on any atom is 0.0468 e. The van der Waals surface area contributed by atoms with Crippen molar-refractivity contribution in [2.75, 3.05) is 20.3 Å². The number of hydrogen-bond acceptors (Lipinski definition) is 2. The summed E-state index contributed by atoms with van der Waals surface area (Å²) < 4.78 is 5.21. The Balaban J connectivity index is 1.68. The zero-order chi connectivity index (χ0) is 12.3. The third-order valence-electron chi connectivity index (χ3n) is 5.16. The van der Waals surface area contributed by atoms with Crippen LogP contribution in [0.2, 0.25) is 0 Å². The summed E-state index contributed by atoms with van der Waals surface area (Å²) >= 11 is 0. The molecule has 0 amide bonds. The quantitative estimate of drug-likeness (QED) is 0.768. The first-order chi connectivity index (χ1) is 8.15. The van der Waals surface area contributed by atoms with Gasteiger partial charge in [0.15, 0.2) is 0 Å². The van der Waals surface area contributed by atoms with Crippen LogP contribution in [0, 0.1) is 17.3 Å². The van der Waals surface area contributed by atoms with Gasteiger partial charge in [-0.05, 0) is 55.8 Å². The molecule has 0 heterocycles. The van der Waals surface area contributed by atoms with Crippen LogP contribution in [0.25, 0.3) is 0 Å². The summed E-state index contributed by atoms with van der Waals surface area (Å²) in [5, 5.41) is 3.83. The second-order valence-electron chi connectivity index (χ2n) is 6.59. The number of hydrogen-bond donors (Lipinski definition) is 1. The predicted octanol–water partition coefficient (Wildman–Crippen LogP) is 3.22. The molecule has 100 valence electrons. The fourth-order valence-corrected chi connectivity index (χ4v) is 3.10. The summed E-state index contributed by atoms with van der Waals surface area (Å²) in [4.78, 5) is 0. The summed E-state index contributed by atoms with van der Waals surface area (Å²) in [7, 11) is 1.81. The van der Waals surface area contributed by atoms with E-state index in [9.17, 15) is 0 Å². The van der Waals surface area contributed by atoms with E-state index >= 15 is 0 Å². The molecule has 3 unspecified atom stereocenters. The molecule has 0 aromatic carbocycles. The standard InChI is InChI=1S/C15H29NO/c1-12-4-5-14(10-13(12)2)16-11-15(6-7-15)8-9-17-3/h12-14,16H,4-11H2,1-3H3. The molecule has 2 heteroatoms. The van der Waals surface area contributed by atoms with Crippen molar-refractivity contribution in [2.45, 2.75) is 58.4 Å². The summed E-state index contributed by atoms with van der Waals surface area (Å²) in [6.07, 6.45) is 8.22. The highest BCUT2D eigenvalue weighted by Gasteiger charge is 2.42. The SMILES string of the molecule is COCCC1(CNC2CCC(C)C(C)C2)CC1. The lowest BCUT2D eigenvalue weighted by atomic mass is 9.79. The molecule has 1 N–H and O–H groups in total. The molecule has 0 bridgehead atoms. The van der Waals surface area contributed by atoms with E-state index in [2.05, 4.69) is 19.2 Å². The van der Waals surface area contributed by atoms with Crippen LogP contribution in [0.1, 0.15) is 52.4 Å². The molecule has 2 aliphatic carbocycles. The minimum Gasteiger partial charge on any atom is -0.385 e. The summed E-state index contributed by atoms with van der Waals surface area (Å²) in [6.45, 7) is 6.97. The van der Waals surface area contributed by atoms with E-state index in [0.29, 0.717) is 5.41 Å². The van der Waals surface area contributed by atoms with Crippen molar-refractivity contribution in [2.24, 2.45) is 17.3 Å². The molecule has 0 aliphatic heterocycles. The molecule has 2 fully saturated rings. The number of methoxy groups -OCH3 is 1. The van der Waals surface area contributed by atoms with Crippen molar-refractivity contribution in [3.63, 3.8) is 0 Å². The molecular weight excluding hydrogens is 210 g/mol. The minimum atomic E-state index is 0.600. The van der Waals surface area contributed by atoms with E-state index in [1.165, 1.54) is 45.1 Å². The summed E-state index contributed by atoms with van der Waals surface area (Å²) in [6, 6.07) is 0.779. The van der Waals surface area contributed by atoms with Crippen molar-refractivity contribution in [1.82, 2.24) is 5.32 Å². The zero-order valence-corrected chi connectivity index (χ0v) is 11.8. The molecule has 2 aliphatic rings. The molecule has 2 saturated carbocycles. The van der Waals surface area contributed by atoms with Gasteiger partial charge in [0.1, 0.15) is 0 Å². The van der Waals surface area contributed by atoms with Gasteiger partial charge >= 0.3 is 0 Å². The molecule has 0 aromatic rings. The molecule has 3 atom stereocenters. The molecule has 0 radical (unpaired) electrons. The predicted molar refractivity (Wildman–Crippen MR) is 72.1 cm³/mol. The third-order valence-corrected chi connectivity index (χ3v) is 5.16. The Morgan fingerprint density at radius 2 is 1.94 bits per heavy atom. The van der Waals surface area contributed by atoms with Crippen LogP contribution in [0.4, 0.5) is 0 Å². The highest BCUT2D eigenvalue weighted by Crippen LogP contribution is 2.48. The molecule has 17 heavy (non-hydrogen) atoms. The van der Waals surface area contributed by atoms with E-state index in [1.807, 2.05) is 7.11 Å². The van der Waals surface area contributed by atoms with Crippen LogP contribution in [0.3, 0.4) is 0 Å². The van der Waals surface area contributed by atoms with E-state index in [4.69, 9.17) is 4.74 Å². The maximum atomic E-state index is 5.21. The van der Waals surface area contributed by atoms with Gasteiger partial charge in [-0.25, -0.2) is 0 Å². The van der Waals surface area contributed by atoms with Crippen LogP contribution in [-0.4, -0.2) is 26.3 Å². The minimum absolute atomic E-state index is 0.600. The maximum absolute atomic E-state index is 5.21. The normalized spacial score (nSPS) is 35.8. The van der Waals surface area contributed by atoms with E-state index in [-0.39, 0.29) is 0 Å². The third kappa shape index (κ3) is 3.69. The largest absolute Gasteiger partial charge is 0.385 e. The fourth-order valence-electron chi connectivity index (χ4n) is 3.10. The van der Waals surface area contributed by atoms with Crippen molar-refractivity contribution in [3.05, 3.63) is 0 Å². The monoisotopic (exact) mass is 239 g/mol. The molecule has 0 spiro atoms. The summed E-state index contributed by atoms with van der Waals surface area (Å²) in [5.74, 6) is 1.83. The highest BCUT2D eigenvalue weighted by atomic mass is 16.5. The Kier molecular flexibility index (Phi) is 4.48. The van der Waals surface area contributed by atoms with Crippen LogP contribution < -0.4 is 5.32 Å². The van der Waals surface area contributed by atoms with Gasteiger partial charge in [0.25, 0.3) is 0 Å². The Labute approximate surface area is 107 Å². The number of ether oxygens (including phenoxy) is 1. The first-order valence-corrected chi connectivity index (χ1v) is 7.37. The average Bonchev–Trinajstić information content (AvgIpc) is 3.09. The highest BCUT2D eigenvalue weighted by molar-refractivity contribution is 4.95. The fraction of sp³-hybridized carbons (Fsp3) is 1.00. The van der Waals surface area contributed by atoms with Gasteiger partial charge in [-0.1, -0.05) is 13.8 Å². The number of rotatable bonds is 6.